The summed E-state index contributed by atoms with van der Waals surface area (Å²) in [6, 6.07) is 7.17. The van der Waals surface area contributed by atoms with Crippen LogP contribution in [0.25, 0.3) is 11.1 Å². The van der Waals surface area contributed by atoms with Crippen LogP contribution in [-0.2, 0) is 0 Å². The number of carbonyl (C=O) groups is 1. The normalized spacial score (nSPS) is 12.8. The third kappa shape index (κ3) is 2.35. The lowest BCUT2D eigenvalue weighted by Gasteiger charge is -2.21. The third-order valence-electron chi connectivity index (χ3n) is 3.15. The van der Waals surface area contributed by atoms with Gasteiger partial charge in [-0.1, -0.05) is 12.1 Å². The van der Waals surface area contributed by atoms with Crippen LogP contribution in [0.4, 0.5) is 0 Å². The van der Waals surface area contributed by atoms with E-state index in [9.17, 15) is 4.79 Å². The van der Waals surface area contributed by atoms with Crippen LogP contribution in [0.3, 0.4) is 0 Å². The SMILES string of the molecule is COc1cc(-c2cccc3c2OCCO3)cnc1C(=O)O. The van der Waals surface area contributed by atoms with Crippen molar-refractivity contribution in [1.82, 2.24) is 4.98 Å². The summed E-state index contributed by atoms with van der Waals surface area (Å²) in [5.74, 6) is 0.373. The smallest absolute Gasteiger partial charge is 0.358 e. The Morgan fingerprint density at radius 2 is 2.14 bits per heavy atom. The van der Waals surface area contributed by atoms with Gasteiger partial charge in [0.2, 0.25) is 0 Å². The molecule has 0 amide bonds. The predicted octanol–water partition coefficient (Wildman–Crippen LogP) is 2.23. The van der Waals surface area contributed by atoms with Gasteiger partial charge in [0, 0.05) is 17.3 Å². The van der Waals surface area contributed by atoms with Crippen molar-refractivity contribution < 1.29 is 24.1 Å². The summed E-state index contributed by atoms with van der Waals surface area (Å²) in [7, 11) is 1.41. The average Bonchev–Trinajstić information content (AvgIpc) is 2.53. The second-order valence-corrected chi connectivity index (χ2v) is 4.41. The maximum Gasteiger partial charge on any atom is 0.358 e. The fourth-order valence-corrected chi connectivity index (χ4v) is 2.21. The van der Waals surface area contributed by atoms with E-state index in [-0.39, 0.29) is 11.4 Å². The van der Waals surface area contributed by atoms with Gasteiger partial charge in [-0.2, -0.15) is 0 Å². The van der Waals surface area contributed by atoms with Crippen molar-refractivity contribution in [1.29, 1.82) is 0 Å². The number of para-hydroxylation sites is 1. The largest absolute Gasteiger partial charge is 0.494 e. The number of fused-ring (bicyclic) bond motifs is 1. The van der Waals surface area contributed by atoms with Crippen LogP contribution in [0.5, 0.6) is 17.2 Å². The Labute approximate surface area is 120 Å². The van der Waals surface area contributed by atoms with Gasteiger partial charge in [-0.25, -0.2) is 9.78 Å². The standard InChI is InChI=1S/C15H13NO5/c1-19-12-7-9(8-16-13(12)15(17)18)10-3-2-4-11-14(10)21-6-5-20-11/h2-4,7-8H,5-6H2,1H3,(H,17,18). The molecule has 0 fully saturated rings. The van der Waals surface area contributed by atoms with Gasteiger partial charge in [-0.3, -0.25) is 0 Å². The minimum atomic E-state index is -1.13. The van der Waals surface area contributed by atoms with Gasteiger partial charge in [-0.05, 0) is 12.1 Å². The third-order valence-corrected chi connectivity index (χ3v) is 3.15. The number of pyridine rings is 1. The highest BCUT2D eigenvalue weighted by Gasteiger charge is 2.19. The molecule has 0 radical (unpaired) electrons. The first-order valence-corrected chi connectivity index (χ1v) is 6.37. The Hall–Kier alpha value is -2.76. The van der Waals surface area contributed by atoms with Crippen molar-refractivity contribution in [3.05, 3.63) is 36.2 Å². The molecule has 108 valence electrons. The number of nitrogens with zero attached hydrogens (tertiary/aromatic N) is 1. The molecule has 1 aliphatic rings. The first-order chi connectivity index (χ1) is 10.2. The van der Waals surface area contributed by atoms with E-state index in [1.54, 1.807) is 6.07 Å². The second kappa shape index (κ2) is 5.32. The first-order valence-electron chi connectivity index (χ1n) is 6.37. The van der Waals surface area contributed by atoms with Crippen LogP contribution < -0.4 is 14.2 Å². The summed E-state index contributed by atoms with van der Waals surface area (Å²) >= 11 is 0. The fraction of sp³-hybridized carbons (Fsp3) is 0.200. The van der Waals surface area contributed by atoms with Crippen LogP contribution >= 0.6 is 0 Å². The number of methoxy groups -OCH3 is 1. The quantitative estimate of drug-likeness (QED) is 0.932. The zero-order valence-electron chi connectivity index (χ0n) is 11.3. The van der Waals surface area contributed by atoms with Crippen LogP contribution in [0.2, 0.25) is 0 Å². The van der Waals surface area contributed by atoms with Crippen LogP contribution in [0, 0.1) is 0 Å². The zero-order chi connectivity index (χ0) is 14.8. The molecule has 21 heavy (non-hydrogen) atoms. The van der Waals surface area contributed by atoms with E-state index >= 15 is 0 Å². The van der Waals surface area contributed by atoms with E-state index in [0.29, 0.717) is 30.3 Å². The number of benzene rings is 1. The van der Waals surface area contributed by atoms with Gasteiger partial charge >= 0.3 is 5.97 Å². The molecule has 0 saturated heterocycles. The summed E-state index contributed by atoms with van der Waals surface area (Å²) in [5.41, 5.74) is 1.37. The molecule has 0 saturated carbocycles. The predicted molar refractivity (Wildman–Crippen MR) is 74.2 cm³/mol. The summed E-state index contributed by atoms with van der Waals surface area (Å²) in [6.45, 7) is 0.984. The molecule has 2 heterocycles. The number of aromatic carboxylic acids is 1. The van der Waals surface area contributed by atoms with Crippen molar-refractivity contribution >= 4 is 5.97 Å². The van der Waals surface area contributed by atoms with Gasteiger partial charge in [0.25, 0.3) is 0 Å². The van der Waals surface area contributed by atoms with Gasteiger partial charge in [0.05, 0.1) is 7.11 Å². The Bertz CT molecular complexity index is 698. The molecule has 1 N–H and O–H groups in total. The van der Waals surface area contributed by atoms with Crippen LogP contribution in [-0.4, -0.2) is 36.4 Å². The van der Waals surface area contributed by atoms with Crippen LogP contribution in [0.15, 0.2) is 30.5 Å². The molecule has 0 aliphatic carbocycles. The van der Waals surface area contributed by atoms with Crippen molar-refractivity contribution in [2.24, 2.45) is 0 Å². The maximum atomic E-state index is 11.1. The van der Waals surface area contributed by atoms with Gasteiger partial charge in [-0.15, -0.1) is 0 Å². The Morgan fingerprint density at radius 1 is 1.33 bits per heavy atom. The van der Waals surface area contributed by atoms with E-state index in [0.717, 1.165) is 5.56 Å². The lowest BCUT2D eigenvalue weighted by atomic mass is 10.0. The lowest BCUT2D eigenvalue weighted by molar-refractivity contribution is 0.0686. The van der Waals surface area contributed by atoms with E-state index in [4.69, 9.17) is 19.3 Å². The molecule has 2 aromatic rings. The van der Waals surface area contributed by atoms with Gasteiger partial charge < -0.3 is 19.3 Å². The molecule has 0 unspecified atom stereocenters. The van der Waals surface area contributed by atoms with E-state index < -0.39 is 5.97 Å². The molecule has 6 nitrogen and oxygen atoms in total. The Kier molecular flexibility index (Phi) is 3.35. The maximum absolute atomic E-state index is 11.1. The highest BCUT2D eigenvalue weighted by Crippen LogP contribution is 2.40. The molecule has 6 heteroatoms. The summed E-state index contributed by atoms with van der Waals surface area (Å²) in [4.78, 5) is 15.0. The van der Waals surface area contributed by atoms with Crippen molar-refractivity contribution in [3.63, 3.8) is 0 Å². The number of aromatic nitrogens is 1. The second-order valence-electron chi connectivity index (χ2n) is 4.41. The van der Waals surface area contributed by atoms with Crippen molar-refractivity contribution in [2.45, 2.75) is 0 Å². The minimum Gasteiger partial charge on any atom is -0.494 e. The van der Waals surface area contributed by atoms with Gasteiger partial charge in [0.1, 0.15) is 13.2 Å². The zero-order valence-corrected chi connectivity index (χ0v) is 11.3. The molecule has 1 aromatic carbocycles. The topological polar surface area (TPSA) is 77.9 Å². The van der Waals surface area contributed by atoms with Crippen molar-refractivity contribution in [3.8, 4) is 28.4 Å². The molecule has 1 aliphatic heterocycles. The van der Waals surface area contributed by atoms with E-state index in [1.165, 1.54) is 13.3 Å². The minimum absolute atomic E-state index is 0.122. The molecule has 0 atom stereocenters. The molecule has 3 rings (SSSR count). The van der Waals surface area contributed by atoms with Gasteiger partial charge in [0.15, 0.2) is 22.9 Å². The first kappa shape index (κ1) is 13.2. The number of ether oxygens (including phenoxy) is 3. The average molecular weight is 287 g/mol. The fourth-order valence-electron chi connectivity index (χ4n) is 2.21. The van der Waals surface area contributed by atoms with E-state index in [2.05, 4.69) is 4.98 Å². The molecule has 1 aromatic heterocycles. The summed E-state index contributed by atoms with van der Waals surface area (Å²) < 4.78 is 16.3. The Morgan fingerprint density at radius 3 is 2.90 bits per heavy atom. The molecule has 0 bridgehead atoms. The monoisotopic (exact) mass is 287 g/mol. The number of hydrogen-bond acceptors (Lipinski definition) is 5. The number of carboxylic acid groups (broad SMARTS) is 1. The Balaban J connectivity index is 2.11. The van der Waals surface area contributed by atoms with Crippen LogP contribution in [0.1, 0.15) is 10.5 Å². The van der Waals surface area contributed by atoms with E-state index in [1.807, 2.05) is 18.2 Å². The molecule has 0 spiro atoms. The highest BCUT2D eigenvalue weighted by molar-refractivity contribution is 5.89. The number of rotatable bonds is 3. The number of carboxylic acids is 1. The lowest BCUT2D eigenvalue weighted by Crippen LogP contribution is -2.15. The number of hydrogen-bond donors (Lipinski definition) is 1. The summed E-state index contributed by atoms with van der Waals surface area (Å²) in [6.07, 6.45) is 1.49. The molecular weight excluding hydrogens is 274 g/mol. The highest BCUT2D eigenvalue weighted by atomic mass is 16.6. The van der Waals surface area contributed by atoms with Crippen molar-refractivity contribution in [2.75, 3.05) is 20.3 Å². The summed E-state index contributed by atoms with van der Waals surface area (Å²) in [5, 5.41) is 9.06. The molecular formula is C15H13NO5.